The van der Waals surface area contributed by atoms with Crippen molar-refractivity contribution in [2.45, 2.75) is 0 Å². The third-order valence-electron chi connectivity index (χ3n) is 9.95. The minimum absolute atomic E-state index is 0.579. The van der Waals surface area contributed by atoms with Gasteiger partial charge in [0.15, 0.2) is 23.2 Å². The molecule has 6 heteroatoms. The molecule has 3 aromatic heterocycles. The largest absolute Gasteiger partial charge is 0.309 e. The number of hydrogen-bond acceptors (Lipinski definition) is 4. The van der Waals surface area contributed by atoms with Gasteiger partial charge in [-0.2, -0.15) is 0 Å². The normalized spacial score (nSPS) is 11.4. The van der Waals surface area contributed by atoms with Crippen LogP contribution in [0.15, 0.2) is 170 Å². The molecule has 0 saturated heterocycles. The van der Waals surface area contributed by atoms with Gasteiger partial charge in [0.25, 0.3) is 0 Å². The molecule has 0 unspecified atom stereocenters. The minimum Gasteiger partial charge on any atom is -0.309 e. The van der Waals surface area contributed by atoms with E-state index >= 15 is 0 Å². The first-order valence-electron chi connectivity index (χ1n) is 17.4. The van der Waals surface area contributed by atoms with Gasteiger partial charge in [-0.25, -0.2) is 19.8 Å². The molecule has 0 aliphatic carbocycles. The predicted molar refractivity (Wildman–Crippen MR) is 215 cm³/mol. The fourth-order valence-electron chi connectivity index (χ4n) is 7.42. The van der Waals surface area contributed by atoms with Gasteiger partial charge in [-0.15, -0.1) is 0 Å². The summed E-state index contributed by atoms with van der Waals surface area (Å²) >= 11 is 0. The monoisotopic (exact) mass is 676 g/mol. The lowest BCUT2D eigenvalue weighted by molar-refractivity contribution is 1.08. The smallest absolute Gasteiger partial charge is 0.188 e. The molecule has 0 fully saturated rings. The minimum atomic E-state index is 0.579. The highest BCUT2D eigenvalue weighted by atomic mass is 15.0. The van der Waals surface area contributed by atoms with Gasteiger partial charge >= 0.3 is 0 Å². The number of benzene rings is 7. The molecule has 0 atom stereocenters. The van der Waals surface area contributed by atoms with Crippen LogP contribution in [0, 0.1) is 6.57 Å². The maximum absolute atomic E-state index is 7.79. The van der Waals surface area contributed by atoms with Gasteiger partial charge in [0.05, 0.1) is 17.6 Å². The molecule has 7 aromatic carbocycles. The molecule has 0 aliphatic rings. The Kier molecular flexibility index (Phi) is 7.09. The number of rotatable bonds is 5. The van der Waals surface area contributed by atoms with Crippen LogP contribution in [0.5, 0.6) is 0 Å². The van der Waals surface area contributed by atoms with E-state index in [0.717, 1.165) is 76.9 Å². The van der Waals surface area contributed by atoms with Gasteiger partial charge in [-0.3, -0.25) is 4.98 Å². The van der Waals surface area contributed by atoms with Crippen molar-refractivity contribution in [3.05, 3.63) is 182 Å². The van der Waals surface area contributed by atoms with E-state index in [-0.39, 0.29) is 0 Å². The molecule has 6 nitrogen and oxygen atoms in total. The van der Waals surface area contributed by atoms with Crippen LogP contribution in [0.25, 0.3) is 99.2 Å². The third kappa shape index (κ3) is 5.19. The van der Waals surface area contributed by atoms with Crippen molar-refractivity contribution in [3.63, 3.8) is 0 Å². The Bertz CT molecular complexity index is 2960. The van der Waals surface area contributed by atoms with Crippen LogP contribution in [0.2, 0.25) is 0 Å². The number of hydrogen-bond donors (Lipinski definition) is 0. The molecular formula is C47H28N6. The van der Waals surface area contributed by atoms with E-state index in [1.807, 2.05) is 54.7 Å². The SMILES string of the molecule is [C-]#[N+]c1ccc2c(c1)c1cc(-c3nc(-c4cccc5ccccc45)nc(-c4cccc5ccccc45)n3)ccc1n2-c1ccc(-c2cccnc2)cc1. The van der Waals surface area contributed by atoms with Crippen LogP contribution < -0.4 is 0 Å². The van der Waals surface area contributed by atoms with E-state index < -0.39 is 0 Å². The van der Waals surface area contributed by atoms with Gasteiger partial charge in [0.2, 0.25) is 0 Å². The Balaban J connectivity index is 1.19. The Hall–Kier alpha value is -7.49. The molecule has 0 radical (unpaired) electrons. The maximum atomic E-state index is 7.79. The summed E-state index contributed by atoms with van der Waals surface area (Å²) in [5.74, 6) is 1.80. The van der Waals surface area contributed by atoms with E-state index in [1.54, 1.807) is 6.20 Å². The zero-order valence-corrected chi connectivity index (χ0v) is 28.3. The highest BCUT2D eigenvalue weighted by Crippen LogP contribution is 2.38. The fourth-order valence-corrected chi connectivity index (χ4v) is 7.42. The average Bonchev–Trinajstić information content (AvgIpc) is 3.56. The molecule has 53 heavy (non-hydrogen) atoms. The summed E-state index contributed by atoms with van der Waals surface area (Å²) in [5.41, 5.74) is 8.57. The molecule has 0 amide bonds. The zero-order valence-electron chi connectivity index (χ0n) is 28.3. The molecule has 0 bridgehead atoms. The lowest BCUT2D eigenvalue weighted by atomic mass is 10.0. The highest BCUT2D eigenvalue weighted by Gasteiger charge is 2.19. The maximum Gasteiger partial charge on any atom is 0.188 e. The van der Waals surface area contributed by atoms with Gasteiger partial charge in [0.1, 0.15) is 0 Å². The molecule has 3 heterocycles. The summed E-state index contributed by atoms with van der Waals surface area (Å²) in [4.78, 5) is 23.6. The summed E-state index contributed by atoms with van der Waals surface area (Å²) < 4.78 is 2.26. The summed E-state index contributed by atoms with van der Waals surface area (Å²) in [6.45, 7) is 7.79. The molecule has 0 spiro atoms. The van der Waals surface area contributed by atoms with Gasteiger partial charge < -0.3 is 4.57 Å². The van der Waals surface area contributed by atoms with Crippen molar-refractivity contribution in [3.8, 4) is 51.0 Å². The molecular weight excluding hydrogens is 649 g/mol. The van der Waals surface area contributed by atoms with Crippen LogP contribution in [-0.2, 0) is 0 Å². The first-order valence-corrected chi connectivity index (χ1v) is 17.4. The topological polar surface area (TPSA) is 60.9 Å². The highest BCUT2D eigenvalue weighted by molar-refractivity contribution is 6.11. The van der Waals surface area contributed by atoms with Crippen molar-refractivity contribution >= 4 is 49.0 Å². The van der Waals surface area contributed by atoms with E-state index in [0.29, 0.717) is 23.2 Å². The Morgan fingerprint density at radius 1 is 0.453 bits per heavy atom. The van der Waals surface area contributed by atoms with Crippen molar-refractivity contribution in [2.24, 2.45) is 0 Å². The quantitative estimate of drug-likeness (QED) is 0.170. The lowest BCUT2D eigenvalue weighted by Crippen LogP contribution is -2.01. The summed E-state index contributed by atoms with van der Waals surface area (Å²) in [6, 6.07) is 54.0. The average molecular weight is 677 g/mol. The van der Waals surface area contributed by atoms with Crippen molar-refractivity contribution in [1.29, 1.82) is 0 Å². The number of nitrogens with zero attached hydrogens (tertiary/aromatic N) is 6. The summed E-state index contributed by atoms with van der Waals surface area (Å²) in [7, 11) is 0. The Labute approximate surface area is 305 Å². The second-order valence-corrected chi connectivity index (χ2v) is 13.0. The molecule has 10 aromatic rings. The second kappa shape index (κ2) is 12.4. The zero-order chi connectivity index (χ0) is 35.3. The third-order valence-corrected chi connectivity index (χ3v) is 9.95. The van der Waals surface area contributed by atoms with E-state index in [9.17, 15) is 0 Å². The Morgan fingerprint density at radius 3 is 1.68 bits per heavy atom. The van der Waals surface area contributed by atoms with Crippen LogP contribution in [-0.4, -0.2) is 24.5 Å². The number of fused-ring (bicyclic) bond motifs is 5. The van der Waals surface area contributed by atoms with Crippen LogP contribution >= 0.6 is 0 Å². The molecule has 10 rings (SSSR count). The number of aromatic nitrogens is 5. The van der Waals surface area contributed by atoms with Crippen molar-refractivity contribution in [2.75, 3.05) is 0 Å². The van der Waals surface area contributed by atoms with Gasteiger partial charge in [0, 0.05) is 40.2 Å². The standard InChI is InChI=1S/C47H28N6/c1-48-35-21-25-44-42(28-35)41-27-33(20-24-43(41)53(44)36-22-18-30(19-23-36)34-13-8-26-49-29-34)45-50-46(39-16-6-11-31-9-2-4-14-37(31)39)52-47(51-45)40-17-7-12-32-10-3-5-15-38(32)40/h2-29H. The second-order valence-electron chi connectivity index (χ2n) is 13.0. The van der Waals surface area contributed by atoms with Gasteiger partial charge in [-0.05, 0) is 86.6 Å². The first-order chi connectivity index (χ1) is 26.2. The van der Waals surface area contributed by atoms with E-state index in [4.69, 9.17) is 21.5 Å². The Morgan fingerprint density at radius 2 is 1.04 bits per heavy atom. The van der Waals surface area contributed by atoms with Crippen molar-refractivity contribution in [1.82, 2.24) is 24.5 Å². The molecule has 0 N–H and O–H groups in total. The van der Waals surface area contributed by atoms with Crippen LogP contribution in [0.3, 0.4) is 0 Å². The van der Waals surface area contributed by atoms with Crippen molar-refractivity contribution < 1.29 is 0 Å². The predicted octanol–water partition coefficient (Wildman–Crippen LogP) is 11.9. The summed E-state index contributed by atoms with van der Waals surface area (Å²) in [6.07, 6.45) is 3.66. The lowest BCUT2D eigenvalue weighted by Gasteiger charge is -2.12. The van der Waals surface area contributed by atoms with Crippen LogP contribution in [0.1, 0.15) is 0 Å². The molecule has 0 aliphatic heterocycles. The number of pyridine rings is 1. The van der Waals surface area contributed by atoms with E-state index in [1.165, 1.54) is 0 Å². The molecule has 246 valence electrons. The van der Waals surface area contributed by atoms with Crippen LogP contribution in [0.4, 0.5) is 5.69 Å². The van der Waals surface area contributed by atoms with E-state index in [2.05, 4.69) is 124 Å². The summed E-state index contributed by atoms with van der Waals surface area (Å²) in [5, 5.41) is 6.41. The fraction of sp³-hybridized carbons (Fsp3) is 0. The molecule has 0 saturated carbocycles. The first kappa shape index (κ1) is 30.3. The van der Waals surface area contributed by atoms with Gasteiger partial charge in [-0.1, -0.05) is 109 Å².